The SMILES string of the molecule is Clc1nnn(C(Cl)(Cl)Cl)n1. The predicted molar refractivity (Wildman–Crippen MR) is 38.4 cm³/mol. The lowest BCUT2D eigenvalue weighted by Crippen LogP contribution is -2.16. The molecule has 0 unspecified atom stereocenters. The summed E-state index contributed by atoms with van der Waals surface area (Å²) in [4.78, 5) is 0.778. The lowest BCUT2D eigenvalue weighted by Gasteiger charge is -2.05. The van der Waals surface area contributed by atoms with Gasteiger partial charge in [-0.15, -0.1) is 9.90 Å². The fourth-order valence-corrected chi connectivity index (χ4v) is 0.625. The van der Waals surface area contributed by atoms with Gasteiger partial charge in [-0.3, -0.25) is 0 Å². The van der Waals surface area contributed by atoms with Crippen molar-refractivity contribution in [3.63, 3.8) is 0 Å². The van der Waals surface area contributed by atoms with Crippen molar-refractivity contribution in [2.45, 2.75) is 3.92 Å². The number of alkyl halides is 3. The van der Waals surface area contributed by atoms with Crippen LogP contribution < -0.4 is 0 Å². The van der Waals surface area contributed by atoms with Crippen molar-refractivity contribution < 1.29 is 0 Å². The van der Waals surface area contributed by atoms with Crippen LogP contribution in [0.5, 0.6) is 0 Å². The Morgan fingerprint density at radius 3 is 2.10 bits per heavy atom. The van der Waals surface area contributed by atoms with Gasteiger partial charge in [0.05, 0.1) is 0 Å². The first-order valence-electron chi connectivity index (χ1n) is 2.03. The maximum atomic E-state index is 5.34. The van der Waals surface area contributed by atoms with Crippen molar-refractivity contribution >= 4 is 46.4 Å². The van der Waals surface area contributed by atoms with E-state index in [4.69, 9.17) is 46.4 Å². The second-order valence-corrected chi connectivity index (χ2v) is 3.88. The Morgan fingerprint density at radius 1 is 1.30 bits per heavy atom. The number of halogens is 4. The van der Waals surface area contributed by atoms with Crippen LogP contribution in [0.1, 0.15) is 0 Å². The minimum absolute atomic E-state index is 0.0636. The van der Waals surface area contributed by atoms with Crippen LogP contribution in [0.3, 0.4) is 0 Å². The molecule has 0 bridgehead atoms. The van der Waals surface area contributed by atoms with Gasteiger partial charge in [0.15, 0.2) is 0 Å². The lowest BCUT2D eigenvalue weighted by molar-refractivity contribution is 0.559. The molecule has 0 aliphatic carbocycles. The third-order valence-corrected chi connectivity index (χ3v) is 1.22. The first-order valence-corrected chi connectivity index (χ1v) is 3.54. The highest BCUT2D eigenvalue weighted by Gasteiger charge is 2.25. The van der Waals surface area contributed by atoms with Crippen molar-refractivity contribution in [3.8, 4) is 0 Å². The molecule has 0 aliphatic heterocycles. The third kappa shape index (κ3) is 1.85. The summed E-state index contributed by atoms with van der Waals surface area (Å²) in [6.07, 6.45) is 0. The Kier molecular flexibility index (Phi) is 2.24. The van der Waals surface area contributed by atoms with E-state index in [-0.39, 0.29) is 5.28 Å². The number of hydrogen-bond donors (Lipinski definition) is 0. The van der Waals surface area contributed by atoms with Gasteiger partial charge in [-0.25, -0.2) is 0 Å². The standard InChI is InChI=1S/C2Cl4N4/c3-1-7-9-10(8-1)2(4,5)6. The number of nitrogens with zero attached hydrogens (tertiary/aromatic N) is 4. The highest BCUT2D eigenvalue weighted by atomic mass is 35.6. The molecule has 0 amide bonds. The number of rotatable bonds is 0. The zero-order valence-corrected chi connectivity index (χ0v) is 7.32. The molecule has 0 aliphatic rings. The molecule has 0 aromatic carbocycles. The largest absolute Gasteiger partial charge is 0.305 e. The van der Waals surface area contributed by atoms with Gasteiger partial charge in [-0.1, -0.05) is 39.9 Å². The summed E-state index contributed by atoms with van der Waals surface area (Å²) in [5.74, 6) is 0. The quantitative estimate of drug-likeness (QED) is 0.626. The van der Waals surface area contributed by atoms with Crippen molar-refractivity contribution in [1.82, 2.24) is 20.2 Å². The zero-order chi connectivity index (χ0) is 7.78. The summed E-state index contributed by atoms with van der Waals surface area (Å²) in [6.45, 7) is 0. The predicted octanol–water partition coefficient (Wildman–Crippen LogP) is 1.61. The van der Waals surface area contributed by atoms with Crippen molar-refractivity contribution in [2.24, 2.45) is 0 Å². The molecule has 1 heterocycles. The summed E-state index contributed by atoms with van der Waals surface area (Å²) in [6, 6.07) is 0. The molecule has 8 heteroatoms. The minimum atomic E-state index is -1.72. The second-order valence-electron chi connectivity index (χ2n) is 1.32. The Hall–Kier alpha value is 0.230. The maximum Gasteiger partial charge on any atom is 0.305 e. The maximum absolute atomic E-state index is 5.34. The van der Waals surface area contributed by atoms with Gasteiger partial charge in [0.1, 0.15) is 0 Å². The molecular formula is C2Cl4N4. The van der Waals surface area contributed by atoms with Crippen LogP contribution in [0.4, 0.5) is 0 Å². The average Bonchev–Trinajstić information content (AvgIpc) is 2.11. The summed E-state index contributed by atoms with van der Waals surface area (Å²) in [5.41, 5.74) is 0. The van der Waals surface area contributed by atoms with E-state index in [1.807, 2.05) is 0 Å². The van der Waals surface area contributed by atoms with Crippen molar-refractivity contribution in [2.75, 3.05) is 0 Å². The van der Waals surface area contributed by atoms with Gasteiger partial charge in [-0.2, -0.15) is 0 Å². The van der Waals surface area contributed by atoms with E-state index in [9.17, 15) is 0 Å². The molecule has 1 rings (SSSR count). The molecule has 10 heavy (non-hydrogen) atoms. The lowest BCUT2D eigenvalue weighted by atomic mass is 11.3. The minimum Gasteiger partial charge on any atom is -0.114 e. The third-order valence-electron chi connectivity index (χ3n) is 0.616. The highest BCUT2D eigenvalue weighted by Crippen LogP contribution is 2.29. The van der Waals surface area contributed by atoms with Crippen molar-refractivity contribution in [3.05, 3.63) is 5.28 Å². The van der Waals surface area contributed by atoms with Gasteiger partial charge in [0.2, 0.25) is 0 Å². The fraction of sp³-hybridized carbons (Fsp3) is 0.500. The van der Waals surface area contributed by atoms with E-state index in [2.05, 4.69) is 15.4 Å². The van der Waals surface area contributed by atoms with E-state index in [1.165, 1.54) is 0 Å². The number of aromatic nitrogens is 4. The Balaban J connectivity index is 2.96. The van der Waals surface area contributed by atoms with E-state index in [1.54, 1.807) is 0 Å². The van der Waals surface area contributed by atoms with E-state index in [0.717, 1.165) is 4.80 Å². The topological polar surface area (TPSA) is 43.6 Å². The Morgan fingerprint density at radius 2 is 1.90 bits per heavy atom. The van der Waals surface area contributed by atoms with Gasteiger partial charge < -0.3 is 0 Å². The van der Waals surface area contributed by atoms with Crippen LogP contribution in [0.15, 0.2) is 0 Å². The Labute approximate surface area is 76.0 Å². The molecule has 0 fully saturated rings. The van der Waals surface area contributed by atoms with E-state index in [0.29, 0.717) is 0 Å². The van der Waals surface area contributed by atoms with Gasteiger partial charge in [-0.05, 0) is 16.8 Å². The van der Waals surface area contributed by atoms with Crippen LogP contribution in [-0.2, 0) is 3.92 Å². The molecule has 1 aromatic heterocycles. The molecule has 0 atom stereocenters. The smallest absolute Gasteiger partial charge is 0.114 e. The average molecular weight is 222 g/mol. The molecule has 0 radical (unpaired) electrons. The molecule has 0 saturated carbocycles. The molecule has 0 saturated heterocycles. The summed E-state index contributed by atoms with van der Waals surface area (Å²) < 4.78 is -1.72. The molecule has 0 N–H and O–H groups in total. The highest BCUT2D eigenvalue weighted by molar-refractivity contribution is 6.64. The molecule has 1 aromatic rings. The van der Waals surface area contributed by atoms with E-state index < -0.39 is 3.92 Å². The molecular weight excluding hydrogens is 222 g/mol. The summed E-state index contributed by atoms with van der Waals surface area (Å²) in [5, 5.41) is 9.99. The first kappa shape index (κ1) is 8.33. The van der Waals surface area contributed by atoms with Gasteiger partial charge >= 0.3 is 3.92 Å². The number of tetrazole rings is 1. The fourth-order valence-electron chi connectivity index (χ4n) is 0.305. The van der Waals surface area contributed by atoms with Crippen molar-refractivity contribution in [1.29, 1.82) is 0 Å². The normalized spacial score (nSPS) is 12.0. The van der Waals surface area contributed by atoms with E-state index >= 15 is 0 Å². The van der Waals surface area contributed by atoms with Gasteiger partial charge in [0.25, 0.3) is 5.28 Å². The van der Waals surface area contributed by atoms with Crippen LogP contribution in [0, 0.1) is 0 Å². The van der Waals surface area contributed by atoms with Crippen LogP contribution in [-0.4, -0.2) is 20.2 Å². The number of hydrogen-bond acceptors (Lipinski definition) is 3. The van der Waals surface area contributed by atoms with Crippen LogP contribution in [0.2, 0.25) is 5.28 Å². The molecule has 0 spiro atoms. The molecule has 56 valence electrons. The Bertz CT molecular complexity index is 225. The monoisotopic (exact) mass is 220 g/mol. The zero-order valence-electron chi connectivity index (χ0n) is 4.30. The summed E-state index contributed by atoms with van der Waals surface area (Å²) in [7, 11) is 0. The van der Waals surface area contributed by atoms with Crippen LogP contribution in [0.25, 0.3) is 0 Å². The summed E-state index contributed by atoms with van der Waals surface area (Å²) >= 11 is 21.3. The van der Waals surface area contributed by atoms with Crippen LogP contribution >= 0.6 is 46.4 Å². The first-order chi connectivity index (χ1) is 4.50. The second kappa shape index (κ2) is 2.70. The molecule has 4 nitrogen and oxygen atoms in total. The van der Waals surface area contributed by atoms with Gasteiger partial charge in [0, 0.05) is 0 Å².